The van der Waals surface area contributed by atoms with Crippen molar-refractivity contribution in [2.24, 2.45) is 0 Å². The van der Waals surface area contributed by atoms with Crippen molar-refractivity contribution in [2.45, 2.75) is 25.9 Å². The number of likely N-dealkylation sites (tertiary alicyclic amines) is 1. The lowest BCUT2D eigenvalue weighted by atomic mass is 10.1. The van der Waals surface area contributed by atoms with E-state index < -0.39 is 0 Å². The zero-order chi connectivity index (χ0) is 15.4. The van der Waals surface area contributed by atoms with Crippen LogP contribution in [-0.2, 0) is 0 Å². The van der Waals surface area contributed by atoms with Crippen molar-refractivity contribution in [1.29, 1.82) is 0 Å². The molecule has 22 heavy (non-hydrogen) atoms. The summed E-state index contributed by atoms with van der Waals surface area (Å²) in [6.45, 7) is 3.26. The van der Waals surface area contributed by atoms with Crippen molar-refractivity contribution >= 4 is 5.91 Å². The van der Waals surface area contributed by atoms with E-state index in [1.165, 1.54) is 0 Å². The molecular weight excluding hydrogens is 280 g/mol. The quantitative estimate of drug-likeness (QED) is 0.865. The van der Waals surface area contributed by atoms with Crippen LogP contribution in [0.2, 0.25) is 0 Å². The Kier molecular flexibility index (Phi) is 4.27. The van der Waals surface area contributed by atoms with Crippen LogP contribution in [0.5, 0.6) is 5.88 Å². The number of rotatable bonds is 3. The molecule has 2 aromatic heterocycles. The lowest BCUT2D eigenvalue weighted by Gasteiger charge is -2.31. The number of carbonyl (C=O) groups excluding carboxylic acids is 1. The minimum absolute atomic E-state index is 0.0518. The van der Waals surface area contributed by atoms with Gasteiger partial charge in [0.25, 0.3) is 5.91 Å². The molecule has 0 radical (unpaired) electrons. The molecule has 0 aromatic carbocycles. The third-order valence-corrected chi connectivity index (χ3v) is 3.72. The molecule has 1 saturated heterocycles. The fourth-order valence-electron chi connectivity index (χ4n) is 2.47. The molecule has 3 rings (SSSR count). The van der Waals surface area contributed by atoms with Gasteiger partial charge < -0.3 is 9.64 Å². The Balaban J connectivity index is 1.54. The van der Waals surface area contributed by atoms with E-state index in [9.17, 15) is 4.79 Å². The largest absolute Gasteiger partial charge is 0.473 e. The highest BCUT2D eigenvalue weighted by Gasteiger charge is 2.24. The van der Waals surface area contributed by atoms with E-state index in [-0.39, 0.29) is 12.0 Å². The first-order valence-corrected chi connectivity index (χ1v) is 7.38. The molecule has 3 heterocycles. The van der Waals surface area contributed by atoms with Crippen molar-refractivity contribution in [3.8, 4) is 5.88 Å². The smallest absolute Gasteiger partial charge is 0.253 e. The Labute approximate surface area is 129 Å². The summed E-state index contributed by atoms with van der Waals surface area (Å²) in [6, 6.07) is 7.20. The van der Waals surface area contributed by atoms with E-state index in [1.807, 2.05) is 24.0 Å². The van der Waals surface area contributed by atoms with Crippen molar-refractivity contribution < 1.29 is 9.53 Å². The van der Waals surface area contributed by atoms with Crippen molar-refractivity contribution in [2.75, 3.05) is 13.1 Å². The normalized spacial score (nSPS) is 15.6. The number of hydrogen-bond donors (Lipinski definition) is 0. The third kappa shape index (κ3) is 3.39. The van der Waals surface area contributed by atoms with Crippen LogP contribution >= 0.6 is 0 Å². The molecule has 1 amide bonds. The van der Waals surface area contributed by atoms with Crippen LogP contribution in [0.1, 0.15) is 28.9 Å². The van der Waals surface area contributed by atoms with Gasteiger partial charge in [-0.15, -0.1) is 5.10 Å². The van der Waals surface area contributed by atoms with Crippen LogP contribution < -0.4 is 4.74 Å². The average Bonchev–Trinajstić information content (AvgIpc) is 2.58. The fraction of sp³-hybridized carbons (Fsp3) is 0.375. The highest BCUT2D eigenvalue weighted by atomic mass is 16.5. The molecule has 0 saturated carbocycles. The lowest BCUT2D eigenvalue weighted by Crippen LogP contribution is -2.41. The summed E-state index contributed by atoms with van der Waals surface area (Å²) < 4.78 is 5.82. The van der Waals surface area contributed by atoms with Gasteiger partial charge in [-0.05, 0) is 25.1 Å². The SMILES string of the molecule is Cc1ccc(OC2CCN(C(=O)c3ccncc3)CC2)nn1. The van der Waals surface area contributed by atoms with E-state index in [2.05, 4.69) is 15.2 Å². The van der Waals surface area contributed by atoms with Gasteiger partial charge in [0.05, 0.1) is 5.69 Å². The van der Waals surface area contributed by atoms with Gasteiger partial charge in [0.2, 0.25) is 5.88 Å². The van der Waals surface area contributed by atoms with E-state index in [4.69, 9.17) is 4.74 Å². The molecule has 0 bridgehead atoms. The topological polar surface area (TPSA) is 68.2 Å². The monoisotopic (exact) mass is 298 g/mol. The molecule has 0 unspecified atom stereocenters. The summed E-state index contributed by atoms with van der Waals surface area (Å²) in [5.74, 6) is 0.598. The Morgan fingerprint density at radius 1 is 1.14 bits per heavy atom. The summed E-state index contributed by atoms with van der Waals surface area (Å²) in [5.41, 5.74) is 1.55. The van der Waals surface area contributed by atoms with Crippen LogP contribution in [0.4, 0.5) is 0 Å². The maximum atomic E-state index is 12.3. The Hall–Kier alpha value is -2.50. The second-order valence-electron chi connectivity index (χ2n) is 5.36. The molecule has 6 heteroatoms. The number of carbonyl (C=O) groups is 1. The van der Waals surface area contributed by atoms with Gasteiger partial charge >= 0.3 is 0 Å². The van der Waals surface area contributed by atoms with Gasteiger partial charge in [-0.3, -0.25) is 9.78 Å². The molecule has 6 nitrogen and oxygen atoms in total. The fourth-order valence-corrected chi connectivity index (χ4v) is 2.47. The first-order valence-electron chi connectivity index (χ1n) is 7.38. The molecule has 0 N–H and O–H groups in total. The molecule has 2 aromatic rings. The number of hydrogen-bond acceptors (Lipinski definition) is 5. The molecule has 1 aliphatic heterocycles. The van der Waals surface area contributed by atoms with Gasteiger partial charge in [-0.1, -0.05) is 0 Å². The zero-order valence-electron chi connectivity index (χ0n) is 12.5. The number of piperidine rings is 1. The summed E-state index contributed by atoms with van der Waals surface area (Å²) in [4.78, 5) is 18.1. The summed E-state index contributed by atoms with van der Waals surface area (Å²) in [7, 11) is 0. The molecule has 0 atom stereocenters. The lowest BCUT2D eigenvalue weighted by molar-refractivity contribution is 0.0586. The van der Waals surface area contributed by atoms with Gasteiger partial charge in [-0.2, -0.15) is 5.10 Å². The highest BCUT2D eigenvalue weighted by molar-refractivity contribution is 5.94. The van der Waals surface area contributed by atoms with Crippen molar-refractivity contribution in [3.63, 3.8) is 0 Å². The second kappa shape index (κ2) is 6.51. The summed E-state index contributed by atoms with van der Waals surface area (Å²) in [5, 5.41) is 8.00. The predicted octanol–water partition coefficient (Wildman–Crippen LogP) is 1.86. The Morgan fingerprint density at radius 3 is 2.50 bits per heavy atom. The third-order valence-electron chi connectivity index (χ3n) is 3.72. The number of nitrogens with zero attached hydrogens (tertiary/aromatic N) is 4. The first-order chi connectivity index (χ1) is 10.7. The average molecular weight is 298 g/mol. The maximum absolute atomic E-state index is 12.3. The standard InChI is InChI=1S/C16H18N4O2/c1-12-2-3-15(19-18-12)22-14-6-10-20(11-7-14)16(21)13-4-8-17-9-5-13/h2-5,8-9,14H,6-7,10-11H2,1H3. The number of aromatic nitrogens is 3. The van der Waals surface area contributed by atoms with Gasteiger partial charge in [0.1, 0.15) is 6.10 Å². The van der Waals surface area contributed by atoms with E-state index in [1.54, 1.807) is 24.5 Å². The van der Waals surface area contributed by atoms with Gasteiger partial charge in [-0.25, -0.2) is 0 Å². The number of pyridine rings is 1. The van der Waals surface area contributed by atoms with Gasteiger partial charge in [0, 0.05) is 50.0 Å². The number of ether oxygens (including phenoxy) is 1. The van der Waals surface area contributed by atoms with Crippen molar-refractivity contribution in [3.05, 3.63) is 47.9 Å². The molecule has 1 fully saturated rings. The van der Waals surface area contributed by atoms with Crippen molar-refractivity contribution in [1.82, 2.24) is 20.1 Å². The first kappa shape index (κ1) is 14.4. The van der Waals surface area contributed by atoms with E-state index in [0.717, 1.165) is 18.5 Å². The second-order valence-corrected chi connectivity index (χ2v) is 5.36. The van der Waals surface area contributed by atoms with Crippen LogP contribution in [0.15, 0.2) is 36.7 Å². The molecular formula is C16H18N4O2. The summed E-state index contributed by atoms with van der Waals surface area (Å²) >= 11 is 0. The zero-order valence-corrected chi connectivity index (χ0v) is 12.5. The minimum atomic E-state index is 0.0518. The number of amides is 1. The molecule has 1 aliphatic rings. The maximum Gasteiger partial charge on any atom is 0.253 e. The molecule has 0 spiro atoms. The highest BCUT2D eigenvalue weighted by Crippen LogP contribution is 2.18. The molecule has 0 aliphatic carbocycles. The Morgan fingerprint density at radius 2 is 1.86 bits per heavy atom. The summed E-state index contributed by atoms with van der Waals surface area (Å²) in [6.07, 6.45) is 4.95. The Bertz CT molecular complexity index is 622. The van der Waals surface area contributed by atoms with Gasteiger partial charge in [0.15, 0.2) is 0 Å². The predicted molar refractivity (Wildman–Crippen MR) is 80.6 cm³/mol. The van der Waals surface area contributed by atoms with Crippen LogP contribution in [0, 0.1) is 6.92 Å². The van der Waals surface area contributed by atoms with E-state index >= 15 is 0 Å². The van der Waals surface area contributed by atoms with E-state index in [0.29, 0.717) is 24.5 Å². The molecule has 114 valence electrons. The van der Waals surface area contributed by atoms with Crippen LogP contribution in [0.3, 0.4) is 0 Å². The van der Waals surface area contributed by atoms with Crippen LogP contribution in [0.25, 0.3) is 0 Å². The minimum Gasteiger partial charge on any atom is -0.473 e. The van der Waals surface area contributed by atoms with Crippen LogP contribution in [-0.4, -0.2) is 45.2 Å². The number of aryl methyl sites for hydroxylation is 1.